The third-order valence-corrected chi connectivity index (χ3v) is 2.87. The summed E-state index contributed by atoms with van der Waals surface area (Å²) >= 11 is 0. The maximum absolute atomic E-state index is 12.0. The minimum atomic E-state index is -0.136. The third-order valence-electron chi connectivity index (χ3n) is 2.87. The molecule has 2 rings (SSSR count). The van der Waals surface area contributed by atoms with E-state index < -0.39 is 0 Å². The van der Waals surface area contributed by atoms with E-state index in [0.29, 0.717) is 5.56 Å². The Labute approximate surface area is 112 Å². The van der Waals surface area contributed by atoms with Crippen molar-refractivity contribution in [1.82, 2.24) is 10.3 Å². The van der Waals surface area contributed by atoms with Crippen LogP contribution in [0.2, 0.25) is 0 Å². The topological polar surface area (TPSA) is 51.2 Å². The van der Waals surface area contributed by atoms with Crippen molar-refractivity contribution in [3.05, 3.63) is 59.9 Å². The van der Waals surface area contributed by atoms with E-state index in [2.05, 4.69) is 10.3 Å². The van der Waals surface area contributed by atoms with Gasteiger partial charge in [0.2, 0.25) is 0 Å². The number of ether oxygens (including phenoxy) is 1. The Morgan fingerprint density at radius 2 is 2.16 bits per heavy atom. The summed E-state index contributed by atoms with van der Waals surface area (Å²) in [5, 5.41) is 2.93. The van der Waals surface area contributed by atoms with Gasteiger partial charge >= 0.3 is 0 Å². The van der Waals surface area contributed by atoms with Gasteiger partial charge in [-0.15, -0.1) is 0 Å². The lowest BCUT2D eigenvalue weighted by Gasteiger charge is -2.15. The van der Waals surface area contributed by atoms with E-state index in [1.54, 1.807) is 31.6 Å². The first-order valence-corrected chi connectivity index (χ1v) is 6.05. The van der Waals surface area contributed by atoms with Crippen molar-refractivity contribution in [2.75, 3.05) is 7.11 Å². The SMILES string of the molecule is COc1cccc([C@@H](C)NC(=O)c2cccnc2)c1. The van der Waals surface area contributed by atoms with Crippen LogP contribution in [0.15, 0.2) is 48.8 Å². The molecule has 98 valence electrons. The van der Waals surface area contributed by atoms with Crippen molar-refractivity contribution in [2.24, 2.45) is 0 Å². The fraction of sp³-hybridized carbons (Fsp3) is 0.200. The third kappa shape index (κ3) is 3.31. The Morgan fingerprint density at radius 1 is 1.32 bits per heavy atom. The van der Waals surface area contributed by atoms with Crippen molar-refractivity contribution < 1.29 is 9.53 Å². The fourth-order valence-corrected chi connectivity index (χ4v) is 1.77. The molecule has 1 N–H and O–H groups in total. The number of nitrogens with zero attached hydrogens (tertiary/aromatic N) is 1. The van der Waals surface area contributed by atoms with Crippen molar-refractivity contribution >= 4 is 5.91 Å². The van der Waals surface area contributed by atoms with Crippen LogP contribution in [0.4, 0.5) is 0 Å². The summed E-state index contributed by atoms with van der Waals surface area (Å²) in [7, 11) is 1.62. The van der Waals surface area contributed by atoms with Gasteiger partial charge in [0, 0.05) is 12.4 Å². The summed E-state index contributed by atoms with van der Waals surface area (Å²) in [6, 6.07) is 11.0. The van der Waals surface area contributed by atoms with Crippen LogP contribution < -0.4 is 10.1 Å². The molecule has 1 aromatic heterocycles. The number of carbonyl (C=O) groups is 1. The molecule has 1 heterocycles. The van der Waals surface area contributed by atoms with E-state index in [9.17, 15) is 4.79 Å². The average Bonchev–Trinajstić information content (AvgIpc) is 2.48. The van der Waals surface area contributed by atoms with Crippen LogP contribution in [0.1, 0.15) is 28.9 Å². The molecule has 0 radical (unpaired) electrons. The Bertz CT molecular complexity index is 555. The smallest absolute Gasteiger partial charge is 0.253 e. The second kappa shape index (κ2) is 6.00. The maximum Gasteiger partial charge on any atom is 0.253 e. The second-order valence-corrected chi connectivity index (χ2v) is 4.21. The Balaban J connectivity index is 2.08. The number of amides is 1. The molecule has 0 aliphatic rings. The van der Waals surface area contributed by atoms with Crippen LogP contribution >= 0.6 is 0 Å². The van der Waals surface area contributed by atoms with Gasteiger partial charge in [0.05, 0.1) is 18.7 Å². The van der Waals surface area contributed by atoms with Crippen molar-refractivity contribution in [3.8, 4) is 5.75 Å². The predicted molar refractivity (Wildman–Crippen MR) is 73.1 cm³/mol. The molecule has 1 aromatic carbocycles. The van der Waals surface area contributed by atoms with Gasteiger partial charge in [-0.3, -0.25) is 9.78 Å². The van der Waals surface area contributed by atoms with Crippen LogP contribution in [0.25, 0.3) is 0 Å². The molecule has 0 aliphatic carbocycles. The van der Waals surface area contributed by atoms with Gasteiger partial charge < -0.3 is 10.1 Å². The van der Waals surface area contributed by atoms with Gasteiger partial charge in [0.1, 0.15) is 5.75 Å². The van der Waals surface area contributed by atoms with E-state index in [0.717, 1.165) is 11.3 Å². The lowest BCUT2D eigenvalue weighted by Crippen LogP contribution is -2.26. The average molecular weight is 256 g/mol. The summed E-state index contributed by atoms with van der Waals surface area (Å²) in [6.45, 7) is 1.93. The summed E-state index contributed by atoms with van der Waals surface area (Å²) in [5.74, 6) is 0.642. The predicted octanol–water partition coefficient (Wildman–Crippen LogP) is 2.58. The molecule has 0 saturated heterocycles. The molecular formula is C15H16N2O2. The van der Waals surface area contributed by atoms with Crippen LogP contribution in [0.3, 0.4) is 0 Å². The highest BCUT2D eigenvalue weighted by molar-refractivity contribution is 5.94. The van der Waals surface area contributed by atoms with E-state index >= 15 is 0 Å². The van der Waals surface area contributed by atoms with Gasteiger partial charge in [-0.05, 0) is 36.8 Å². The maximum atomic E-state index is 12.0. The molecular weight excluding hydrogens is 240 g/mol. The second-order valence-electron chi connectivity index (χ2n) is 4.21. The summed E-state index contributed by atoms with van der Waals surface area (Å²) in [6.07, 6.45) is 3.19. The number of nitrogens with one attached hydrogen (secondary N) is 1. The van der Waals surface area contributed by atoms with Gasteiger partial charge in [-0.2, -0.15) is 0 Å². The Kier molecular flexibility index (Phi) is 4.13. The number of hydrogen-bond acceptors (Lipinski definition) is 3. The number of aromatic nitrogens is 1. The molecule has 1 amide bonds. The minimum absolute atomic E-state index is 0.0946. The number of pyridine rings is 1. The quantitative estimate of drug-likeness (QED) is 0.914. The van der Waals surface area contributed by atoms with Gasteiger partial charge in [0.15, 0.2) is 0 Å². The fourth-order valence-electron chi connectivity index (χ4n) is 1.77. The number of rotatable bonds is 4. The normalized spacial score (nSPS) is 11.7. The largest absolute Gasteiger partial charge is 0.497 e. The first-order valence-electron chi connectivity index (χ1n) is 6.05. The molecule has 1 atom stereocenters. The molecule has 4 heteroatoms. The molecule has 2 aromatic rings. The first-order chi connectivity index (χ1) is 9.20. The molecule has 4 nitrogen and oxygen atoms in total. The van der Waals surface area contributed by atoms with Gasteiger partial charge in [-0.25, -0.2) is 0 Å². The minimum Gasteiger partial charge on any atom is -0.497 e. The van der Waals surface area contributed by atoms with Crippen LogP contribution in [-0.4, -0.2) is 18.0 Å². The Hall–Kier alpha value is -2.36. The molecule has 19 heavy (non-hydrogen) atoms. The van der Waals surface area contributed by atoms with Gasteiger partial charge in [-0.1, -0.05) is 12.1 Å². The summed E-state index contributed by atoms with van der Waals surface area (Å²) in [4.78, 5) is 15.9. The molecule has 0 aliphatic heterocycles. The molecule has 0 fully saturated rings. The summed E-state index contributed by atoms with van der Waals surface area (Å²) < 4.78 is 5.17. The van der Waals surface area contributed by atoms with E-state index in [1.807, 2.05) is 31.2 Å². The monoisotopic (exact) mass is 256 g/mol. The highest BCUT2D eigenvalue weighted by Crippen LogP contribution is 2.19. The van der Waals surface area contributed by atoms with E-state index in [4.69, 9.17) is 4.74 Å². The number of benzene rings is 1. The lowest BCUT2D eigenvalue weighted by atomic mass is 10.1. The number of hydrogen-bond donors (Lipinski definition) is 1. The van der Waals surface area contributed by atoms with Crippen molar-refractivity contribution in [3.63, 3.8) is 0 Å². The van der Waals surface area contributed by atoms with Crippen molar-refractivity contribution in [1.29, 1.82) is 0 Å². The van der Waals surface area contributed by atoms with E-state index in [-0.39, 0.29) is 11.9 Å². The van der Waals surface area contributed by atoms with Crippen molar-refractivity contribution in [2.45, 2.75) is 13.0 Å². The zero-order chi connectivity index (χ0) is 13.7. The van der Waals surface area contributed by atoms with Crippen LogP contribution in [0, 0.1) is 0 Å². The van der Waals surface area contributed by atoms with Crippen LogP contribution in [0.5, 0.6) is 5.75 Å². The zero-order valence-electron chi connectivity index (χ0n) is 11.0. The van der Waals surface area contributed by atoms with E-state index in [1.165, 1.54) is 0 Å². The summed E-state index contributed by atoms with van der Waals surface area (Å²) in [5.41, 5.74) is 1.55. The highest BCUT2D eigenvalue weighted by atomic mass is 16.5. The molecule has 0 saturated carbocycles. The number of carbonyl (C=O) groups excluding carboxylic acids is 1. The lowest BCUT2D eigenvalue weighted by molar-refractivity contribution is 0.0939. The Morgan fingerprint density at radius 3 is 2.84 bits per heavy atom. The first kappa shape index (κ1) is 13.1. The molecule has 0 unspecified atom stereocenters. The number of methoxy groups -OCH3 is 1. The standard InChI is InChI=1S/C15H16N2O2/c1-11(12-5-3-7-14(9-12)19-2)17-15(18)13-6-4-8-16-10-13/h3-11H,1-2H3,(H,17,18)/t11-/m1/s1. The molecule has 0 spiro atoms. The zero-order valence-corrected chi connectivity index (χ0v) is 11.0. The molecule has 0 bridgehead atoms. The van der Waals surface area contributed by atoms with Gasteiger partial charge in [0.25, 0.3) is 5.91 Å². The highest BCUT2D eigenvalue weighted by Gasteiger charge is 2.11. The van der Waals surface area contributed by atoms with Crippen LogP contribution in [-0.2, 0) is 0 Å².